The summed E-state index contributed by atoms with van der Waals surface area (Å²) in [5.41, 5.74) is 1.99. The maximum absolute atomic E-state index is 12.3. The van der Waals surface area contributed by atoms with E-state index >= 15 is 0 Å². The van der Waals surface area contributed by atoms with Gasteiger partial charge in [-0.2, -0.15) is 0 Å². The number of piperidine rings is 1. The van der Waals surface area contributed by atoms with Gasteiger partial charge in [0.2, 0.25) is 0 Å². The summed E-state index contributed by atoms with van der Waals surface area (Å²) < 4.78 is 0. The molecular weight excluding hydrogens is 282 g/mol. The number of benzene rings is 1. The average molecular weight is 322 g/mol. The molecule has 1 aromatic carbocycles. The lowest BCUT2D eigenvalue weighted by molar-refractivity contribution is 0.0688. The fourth-order valence-electron chi connectivity index (χ4n) is 2.50. The van der Waals surface area contributed by atoms with Gasteiger partial charge in [-0.1, -0.05) is 72.6 Å². The Kier molecular flexibility index (Phi) is 16.2. The van der Waals surface area contributed by atoms with Crippen molar-refractivity contribution in [2.24, 2.45) is 5.92 Å². The van der Waals surface area contributed by atoms with Crippen LogP contribution in [0, 0.1) is 12.8 Å². The lowest BCUT2D eigenvalue weighted by Crippen LogP contribution is -2.38. The number of carbonyl (C=O) groups is 1. The predicted octanol–water partition coefficient (Wildman–Crippen LogP) is 6.34. The minimum absolute atomic E-state index is 0.197. The van der Waals surface area contributed by atoms with Crippen molar-refractivity contribution in [2.75, 3.05) is 13.1 Å². The number of hydrogen-bond acceptors (Lipinski definition) is 1. The van der Waals surface area contributed by atoms with Gasteiger partial charge >= 0.3 is 0 Å². The van der Waals surface area contributed by atoms with Crippen LogP contribution in [0.3, 0.4) is 0 Å². The smallest absolute Gasteiger partial charge is 0.253 e. The normalized spacial score (nSPS) is 13.5. The summed E-state index contributed by atoms with van der Waals surface area (Å²) >= 11 is 0. The molecule has 2 heteroatoms. The summed E-state index contributed by atoms with van der Waals surface area (Å²) in [6, 6.07) is 7.89. The Labute approximate surface area is 145 Å². The second-order valence-corrected chi connectivity index (χ2v) is 5.01. The quantitative estimate of drug-likeness (QED) is 0.622. The number of aryl methyl sites for hydroxylation is 1. The van der Waals surface area contributed by atoms with Crippen LogP contribution in [0.5, 0.6) is 0 Å². The van der Waals surface area contributed by atoms with Crippen LogP contribution < -0.4 is 0 Å². The van der Waals surface area contributed by atoms with Crippen LogP contribution in [0.1, 0.15) is 83.7 Å². The SMILES string of the molecule is CC.CC.CC.CCC1CCN(C(=O)c2cccc(C)c2)CC1. The highest BCUT2D eigenvalue weighted by molar-refractivity contribution is 5.94. The van der Waals surface area contributed by atoms with Crippen LogP contribution in [0.25, 0.3) is 0 Å². The maximum Gasteiger partial charge on any atom is 0.253 e. The molecule has 0 N–H and O–H groups in total. The van der Waals surface area contributed by atoms with Gasteiger partial charge in [0.15, 0.2) is 0 Å². The first kappa shape index (κ1) is 23.9. The van der Waals surface area contributed by atoms with Crippen molar-refractivity contribution in [3.8, 4) is 0 Å². The molecule has 1 aromatic rings. The van der Waals surface area contributed by atoms with Crippen LogP contribution in [0.4, 0.5) is 0 Å². The number of amides is 1. The zero-order chi connectivity index (χ0) is 18.3. The summed E-state index contributed by atoms with van der Waals surface area (Å²) in [6.45, 7) is 18.1. The second-order valence-electron chi connectivity index (χ2n) is 5.01. The minimum Gasteiger partial charge on any atom is -0.339 e. The Hall–Kier alpha value is -1.31. The van der Waals surface area contributed by atoms with E-state index in [2.05, 4.69) is 6.92 Å². The zero-order valence-corrected chi connectivity index (χ0v) is 16.8. The van der Waals surface area contributed by atoms with E-state index in [1.807, 2.05) is 77.6 Å². The molecule has 0 atom stereocenters. The van der Waals surface area contributed by atoms with E-state index in [4.69, 9.17) is 0 Å². The van der Waals surface area contributed by atoms with Gasteiger partial charge in [-0.05, 0) is 37.8 Å². The second kappa shape index (κ2) is 15.6. The van der Waals surface area contributed by atoms with E-state index in [0.717, 1.165) is 43.0 Å². The third-order valence-corrected chi connectivity index (χ3v) is 3.74. The first-order chi connectivity index (χ1) is 11.2. The van der Waals surface area contributed by atoms with Crippen LogP contribution >= 0.6 is 0 Å². The Morgan fingerprint density at radius 2 is 1.57 bits per heavy atom. The van der Waals surface area contributed by atoms with Gasteiger partial charge < -0.3 is 4.90 Å². The van der Waals surface area contributed by atoms with E-state index in [9.17, 15) is 4.79 Å². The molecular formula is C21H39NO. The lowest BCUT2D eigenvalue weighted by atomic mass is 9.94. The Balaban J connectivity index is 0. The third kappa shape index (κ3) is 8.78. The van der Waals surface area contributed by atoms with Gasteiger partial charge in [0.1, 0.15) is 0 Å². The average Bonchev–Trinajstić information content (AvgIpc) is 2.66. The molecule has 0 aliphatic carbocycles. The van der Waals surface area contributed by atoms with Crippen molar-refractivity contribution < 1.29 is 4.79 Å². The summed E-state index contributed by atoms with van der Waals surface area (Å²) in [4.78, 5) is 14.3. The van der Waals surface area contributed by atoms with Gasteiger partial charge in [-0.3, -0.25) is 4.79 Å². The summed E-state index contributed by atoms with van der Waals surface area (Å²) in [7, 11) is 0. The van der Waals surface area contributed by atoms with Crippen molar-refractivity contribution in [1.82, 2.24) is 4.90 Å². The highest BCUT2D eigenvalue weighted by Crippen LogP contribution is 2.21. The highest BCUT2D eigenvalue weighted by atomic mass is 16.2. The summed E-state index contributed by atoms with van der Waals surface area (Å²) in [5, 5.41) is 0. The van der Waals surface area contributed by atoms with Gasteiger partial charge in [-0.15, -0.1) is 0 Å². The zero-order valence-electron chi connectivity index (χ0n) is 16.8. The van der Waals surface area contributed by atoms with E-state index in [0.29, 0.717) is 0 Å². The van der Waals surface area contributed by atoms with E-state index < -0.39 is 0 Å². The molecule has 0 aromatic heterocycles. The molecule has 0 unspecified atom stereocenters. The third-order valence-electron chi connectivity index (χ3n) is 3.74. The first-order valence-electron chi connectivity index (χ1n) is 9.56. The topological polar surface area (TPSA) is 20.3 Å². The Bertz CT molecular complexity index is 393. The highest BCUT2D eigenvalue weighted by Gasteiger charge is 2.22. The number of likely N-dealkylation sites (tertiary alicyclic amines) is 1. The molecule has 1 aliphatic rings. The molecule has 2 nitrogen and oxygen atoms in total. The van der Waals surface area contributed by atoms with Crippen molar-refractivity contribution in [3.05, 3.63) is 35.4 Å². The molecule has 1 saturated heterocycles. The van der Waals surface area contributed by atoms with E-state index in [1.165, 1.54) is 6.42 Å². The van der Waals surface area contributed by atoms with Gasteiger partial charge in [0.05, 0.1) is 0 Å². The number of hydrogen-bond donors (Lipinski definition) is 0. The predicted molar refractivity (Wildman–Crippen MR) is 104 cm³/mol. The van der Waals surface area contributed by atoms with Crippen molar-refractivity contribution >= 4 is 5.91 Å². The monoisotopic (exact) mass is 321 g/mol. The van der Waals surface area contributed by atoms with Crippen molar-refractivity contribution in [1.29, 1.82) is 0 Å². The molecule has 23 heavy (non-hydrogen) atoms. The molecule has 0 spiro atoms. The Morgan fingerprint density at radius 3 is 2.00 bits per heavy atom. The number of carbonyl (C=O) groups excluding carboxylic acids is 1. The molecule has 1 aliphatic heterocycles. The maximum atomic E-state index is 12.3. The molecule has 1 fully saturated rings. The lowest BCUT2D eigenvalue weighted by Gasteiger charge is -2.31. The summed E-state index contributed by atoms with van der Waals surface area (Å²) in [5.74, 6) is 1.01. The molecule has 0 bridgehead atoms. The molecule has 1 amide bonds. The molecule has 134 valence electrons. The van der Waals surface area contributed by atoms with Gasteiger partial charge in [0.25, 0.3) is 5.91 Å². The van der Waals surface area contributed by atoms with Crippen LogP contribution in [0.2, 0.25) is 0 Å². The van der Waals surface area contributed by atoms with Crippen molar-refractivity contribution in [3.63, 3.8) is 0 Å². The largest absolute Gasteiger partial charge is 0.339 e. The van der Waals surface area contributed by atoms with Crippen LogP contribution in [-0.2, 0) is 0 Å². The van der Waals surface area contributed by atoms with Gasteiger partial charge in [-0.25, -0.2) is 0 Å². The van der Waals surface area contributed by atoms with Gasteiger partial charge in [0, 0.05) is 18.7 Å². The molecule has 0 radical (unpaired) electrons. The molecule has 2 rings (SSSR count). The standard InChI is InChI=1S/C15H21NO.3C2H6/c1-3-13-7-9-16(10-8-13)15(17)14-6-4-5-12(2)11-14;3*1-2/h4-6,11,13H,3,7-10H2,1-2H3;3*1-2H3. The molecule has 1 heterocycles. The van der Waals surface area contributed by atoms with E-state index in [1.54, 1.807) is 0 Å². The van der Waals surface area contributed by atoms with Crippen LogP contribution in [-0.4, -0.2) is 23.9 Å². The minimum atomic E-state index is 0.197. The molecule has 0 saturated carbocycles. The van der Waals surface area contributed by atoms with E-state index in [-0.39, 0.29) is 5.91 Å². The first-order valence-corrected chi connectivity index (χ1v) is 9.56. The number of rotatable bonds is 2. The fraction of sp³-hybridized carbons (Fsp3) is 0.667. The van der Waals surface area contributed by atoms with Crippen molar-refractivity contribution in [2.45, 2.75) is 74.7 Å². The fourth-order valence-corrected chi connectivity index (χ4v) is 2.50. The number of nitrogens with zero attached hydrogens (tertiary/aromatic N) is 1. The summed E-state index contributed by atoms with van der Waals surface area (Å²) in [6.07, 6.45) is 3.56. The Morgan fingerprint density at radius 1 is 1.04 bits per heavy atom. The van der Waals surface area contributed by atoms with Crippen LogP contribution in [0.15, 0.2) is 24.3 Å².